The molecule has 1 amide bonds. The van der Waals surface area contributed by atoms with Crippen molar-refractivity contribution in [2.24, 2.45) is 0 Å². The van der Waals surface area contributed by atoms with Gasteiger partial charge in [-0.1, -0.05) is 18.2 Å². The van der Waals surface area contributed by atoms with Gasteiger partial charge in [-0.05, 0) is 12.1 Å². The van der Waals surface area contributed by atoms with Crippen LogP contribution in [-0.4, -0.2) is 26.8 Å². The number of rotatable bonds is 5. The maximum atomic E-state index is 12.0. The van der Waals surface area contributed by atoms with Crippen LogP contribution in [0.2, 0.25) is 0 Å². The third-order valence-corrected chi connectivity index (χ3v) is 4.06. The quantitative estimate of drug-likeness (QED) is 0.655. The number of anilines is 2. The third-order valence-electron chi connectivity index (χ3n) is 3.18. The first-order valence-electron chi connectivity index (χ1n) is 7.38. The van der Waals surface area contributed by atoms with Gasteiger partial charge in [0.15, 0.2) is 10.8 Å². The SMILES string of the molecule is CC(=O)N(c1ccccc1)c1nc(COC(=O)c2cnccn2)cs1. The summed E-state index contributed by atoms with van der Waals surface area (Å²) in [7, 11) is 0. The van der Waals surface area contributed by atoms with E-state index in [9.17, 15) is 9.59 Å². The predicted octanol–water partition coefficient (Wildman–Crippen LogP) is 2.97. The summed E-state index contributed by atoms with van der Waals surface area (Å²) in [5.74, 6) is -0.724. The van der Waals surface area contributed by atoms with Gasteiger partial charge in [0.05, 0.1) is 17.6 Å². The molecule has 7 nitrogen and oxygen atoms in total. The Balaban J connectivity index is 1.71. The van der Waals surface area contributed by atoms with Gasteiger partial charge in [0.1, 0.15) is 6.61 Å². The van der Waals surface area contributed by atoms with Crippen molar-refractivity contribution >= 4 is 34.0 Å². The highest BCUT2D eigenvalue weighted by molar-refractivity contribution is 7.14. The first kappa shape index (κ1) is 16.7. The van der Waals surface area contributed by atoms with Gasteiger partial charge in [0, 0.05) is 24.7 Å². The minimum Gasteiger partial charge on any atom is -0.454 e. The predicted molar refractivity (Wildman–Crippen MR) is 92.5 cm³/mol. The van der Waals surface area contributed by atoms with E-state index in [1.807, 2.05) is 30.3 Å². The Labute approximate surface area is 148 Å². The smallest absolute Gasteiger partial charge is 0.358 e. The van der Waals surface area contributed by atoms with Crippen LogP contribution in [0.4, 0.5) is 10.8 Å². The number of hydrogen-bond acceptors (Lipinski definition) is 7. The maximum absolute atomic E-state index is 12.0. The minimum atomic E-state index is -0.575. The summed E-state index contributed by atoms with van der Waals surface area (Å²) in [6.45, 7) is 1.47. The maximum Gasteiger partial charge on any atom is 0.358 e. The van der Waals surface area contributed by atoms with Crippen LogP contribution in [0, 0.1) is 0 Å². The molecule has 126 valence electrons. The number of aromatic nitrogens is 3. The second kappa shape index (κ2) is 7.63. The number of benzene rings is 1. The molecular weight excluding hydrogens is 340 g/mol. The molecule has 8 heteroatoms. The van der Waals surface area contributed by atoms with Gasteiger partial charge in [-0.15, -0.1) is 11.3 Å². The lowest BCUT2D eigenvalue weighted by Gasteiger charge is -2.17. The van der Waals surface area contributed by atoms with Crippen LogP contribution >= 0.6 is 11.3 Å². The van der Waals surface area contributed by atoms with Crippen molar-refractivity contribution in [2.45, 2.75) is 13.5 Å². The Morgan fingerprint density at radius 3 is 2.68 bits per heavy atom. The Bertz CT molecular complexity index is 868. The molecule has 0 saturated heterocycles. The molecule has 0 N–H and O–H groups in total. The van der Waals surface area contributed by atoms with Crippen molar-refractivity contribution in [1.82, 2.24) is 15.0 Å². The lowest BCUT2D eigenvalue weighted by Crippen LogP contribution is -2.22. The summed E-state index contributed by atoms with van der Waals surface area (Å²) in [6.07, 6.45) is 4.23. The first-order valence-corrected chi connectivity index (χ1v) is 8.26. The number of carbonyl (C=O) groups excluding carboxylic acids is 2. The Morgan fingerprint density at radius 1 is 1.20 bits per heavy atom. The van der Waals surface area contributed by atoms with Crippen molar-refractivity contribution in [3.8, 4) is 0 Å². The number of esters is 1. The Hall–Kier alpha value is -3.13. The number of nitrogens with zero attached hydrogens (tertiary/aromatic N) is 4. The molecule has 0 radical (unpaired) electrons. The fourth-order valence-corrected chi connectivity index (χ4v) is 2.96. The number of para-hydroxylation sites is 1. The molecule has 0 aliphatic rings. The zero-order valence-electron chi connectivity index (χ0n) is 13.3. The molecule has 0 aliphatic carbocycles. The average molecular weight is 354 g/mol. The van der Waals surface area contributed by atoms with Crippen molar-refractivity contribution in [2.75, 3.05) is 4.90 Å². The van der Waals surface area contributed by atoms with Gasteiger partial charge in [0.2, 0.25) is 5.91 Å². The second-order valence-corrected chi connectivity index (χ2v) is 5.81. The van der Waals surface area contributed by atoms with Crippen LogP contribution in [0.5, 0.6) is 0 Å². The van der Waals surface area contributed by atoms with E-state index in [2.05, 4.69) is 15.0 Å². The van der Waals surface area contributed by atoms with Gasteiger partial charge in [0.25, 0.3) is 0 Å². The summed E-state index contributed by atoms with van der Waals surface area (Å²) < 4.78 is 5.17. The molecule has 0 spiro atoms. The number of ether oxygens (including phenoxy) is 1. The number of hydrogen-bond donors (Lipinski definition) is 0. The van der Waals surface area contributed by atoms with Crippen molar-refractivity contribution in [3.05, 3.63) is 65.7 Å². The molecule has 0 saturated carbocycles. The Kier molecular flexibility index (Phi) is 5.10. The van der Waals surface area contributed by atoms with Crippen LogP contribution in [0.15, 0.2) is 54.3 Å². The normalized spacial score (nSPS) is 10.3. The first-order chi connectivity index (χ1) is 12.1. The lowest BCUT2D eigenvalue weighted by atomic mass is 10.3. The van der Waals surface area contributed by atoms with Gasteiger partial charge < -0.3 is 4.74 Å². The molecular formula is C17H14N4O3S. The van der Waals surface area contributed by atoms with Gasteiger partial charge >= 0.3 is 5.97 Å². The number of carbonyl (C=O) groups is 2. The fourth-order valence-electron chi connectivity index (χ4n) is 2.09. The van der Waals surface area contributed by atoms with Crippen LogP contribution in [0.3, 0.4) is 0 Å². The summed E-state index contributed by atoms with van der Waals surface area (Å²) >= 11 is 1.30. The van der Waals surface area contributed by atoms with Gasteiger partial charge in [-0.25, -0.2) is 14.8 Å². The number of thiazole rings is 1. The number of amides is 1. The van der Waals surface area contributed by atoms with Crippen molar-refractivity contribution < 1.29 is 14.3 Å². The van der Waals surface area contributed by atoms with E-state index in [4.69, 9.17) is 4.74 Å². The molecule has 2 aromatic heterocycles. The minimum absolute atomic E-state index is 0.00750. The van der Waals surface area contributed by atoms with Gasteiger partial charge in [-0.2, -0.15) is 0 Å². The summed E-state index contributed by atoms with van der Waals surface area (Å²) in [6, 6.07) is 9.24. The molecule has 2 heterocycles. The van der Waals surface area contributed by atoms with Crippen molar-refractivity contribution in [3.63, 3.8) is 0 Å². The molecule has 0 aliphatic heterocycles. The standard InChI is InChI=1S/C17H14N4O3S/c1-12(22)21(14-5-3-2-4-6-14)17-20-13(11-25-17)10-24-16(23)15-9-18-7-8-19-15/h2-9,11H,10H2,1H3. The van der Waals surface area contributed by atoms with E-state index < -0.39 is 5.97 Å². The molecule has 3 aromatic rings. The highest BCUT2D eigenvalue weighted by Gasteiger charge is 2.18. The largest absolute Gasteiger partial charge is 0.454 e. The zero-order valence-corrected chi connectivity index (χ0v) is 14.1. The van der Waals surface area contributed by atoms with Crippen LogP contribution in [0.25, 0.3) is 0 Å². The average Bonchev–Trinajstić information content (AvgIpc) is 3.09. The fraction of sp³-hybridized carbons (Fsp3) is 0.118. The van der Waals surface area contributed by atoms with E-state index in [1.54, 1.807) is 5.38 Å². The molecule has 25 heavy (non-hydrogen) atoms. The van der Waals surface area contributed by atoms with E-state index in [-0.39, 0.29) is 18.2 Å². The molecule has 0 bridgehead atoms. The third kappa shape index (κ3) is 4.04. The van der Waals surface area contributed by atoms with E-state index in [0.29, 0.717) is 10.8 Å². The summed E-state index contributed by atoms with van der Waals surface area (Å²) in [5, 5.41) is 2.27. The van der Waals surface area contributed by atoms with Gasteiger partial charge in [-0.3, -0.25) is 14.7 Å². The van der Waals surface area contributed by atoms with Crippen molar-refractivity contribution in [1.29, 1.82) is 0 Å². The van der Waals surface area contributed by atoms with Crippen LogP contribution < -0.4 is 4.90 Å². The Morgan fingerprint density at radius 2 is 2.00 bits per heavy atom. The molecule has 0 fully saturated rings. The lowest BCUT2D eigenvalue weighted by molar-refractivity contribution is -0.115. The molecule has 0 unspecified atom stereocenters. The highest BCUT2D eigenvalue weighted by atomic mass is 32.1. The zero-order chi connectivity index (χ0) is 17.6. The monoisotopic (exact) mass is 354 g/mol. The molecule has 0 atom stereocenters. The summed E-state index contributed by atoms with van der Waals surface area (Å²) in [5.41, 5.74) is 1.42. The van der Waals surface area contributed by atoms with E-state index in [1.165, 1.54) is 41.8 Å². The highest BCUT2D eigenvalue weighted by Crippen LogP contribution is 2.28. The second-order valence-electron chi connectivity index (χ2n) is 4.98. The van der Waals surface area contributed by atoms with E-state index >= 15 is 0 Å². The summed E-state index contributed by atoms with van der Waals surface area (Å²) in [4.78, 5) is 37.5. The van der Waals surface area contributed by atoms with Crippen LogP contribution in [0.1, 0.15) is 23.1 Å². The molecule has 3 rings (SSSR count). The van der Waals surface area contributed by atoms with E-state index in [0.717, 1.165) is 5.69 Å². The molecule has 1 aromatic carbocycles. The topological polar surface area (TPSA) is 85.3 Å². The van der Waals surface area contributed by atoms with Crippen LogP contribution in [-0.2, 0) is 16.1 Å².